The molecule has 32 valence electrons. The van der Waals surface area contributed by atoms with E-state index in [-0.39, 0.29) is 0 Å². The molecule has 1 unspecified atom stereocenters. The zero-order valence-corrected chi connectivity index (χ0v) is 4.72. The summed E-state index contributed by atoms with van der Waals surface area (Å²) in [4.78, 5) is 0. The number of nitrogens with two attached hydrogens (primary N) is 1. The number of hydrogen-bond donors (Lipinski definition) is 1. The van der Waals surface area contributed by atoms with Crippen molar-refractivity contribution in [3.05, 3.63) is 0 Å². The lowest BCUT2D eigenvalue weighted by atomic mass is 11.8. The molecule has 0 spiro atoms. The van der Waals surface area contributed by atoms with Crippen LogP contribution in [0.4, 0.5) is 0 Å². The molecule has 2 N–H and O–H groups in total. The summed E-state index contributed by atoms with van der Waals surface area (Å²) in [5, 5.41) is 5.21. The van der Waals surface area contributed by atoms with Crippen molar-refractivity contribution in [1.82, 2.24) is 0 Å². The van der Waals surface area contributed by atoms with E-state index in [0.717, 1.165) is 0 Å². The fourth-order valence-corrected chi connectivity index (χ4v) is 0. The maximum Gasteiger partial charge on any atom is 0.246 e. The molecule has 0 heterocycles. The van der Waals surface area contributed by atoms with Crippen molar-refractivity contribution in [3.63, 3.8) is 0 Å². The molecule has 0 amide bonds. The predicted octanol–water partition coefficient (Wildman–Crippen LogP) is -0.558. The highest BCUT2D eigenvalue weighted by molar-refractivity contribution is 6.45. The second kappa shape index (κ2) is 2.38. The van der Waals surface area contributed by atoms with Crippen LogP contribution in [0.1, 0.15) is 0 Å². The Kier molecular flexibility index (Phi) is 2.44. The number of hydrogen-bond acceptors (Lipinski definition) is 2. The van der Waals surface area contributed by atoms with Crippen LogP contribution in [-0.2, 0) is 4.43 Å². The van der Waals surface area contributed by atoms with Crippen molar-refractivity contribution in [3.8, 4) is 0 Å². The van der Waals surface area contributed by atoms with Crippen LogP contribution in [0.2, 0.25) is 6.55 Å². The Morgan fingerprint density at radius 3 is 2.00 bits per heavy atom. The van der Waals surface area contributed by atoms with Crippen molar-refractivity contribution in [2.75, 3.05) is 7.11 Å². The van der Waals surface area contributed by atoms with E-state index in [2.05, 4.69) is 4.43 Å². The van der Waals surface area contributed by atoms with E-state index in [1.165, 1.54) is 0 Å². The Bertz CT molecular complexity index is 23.6. The monoisotopic (exact) mass is 91.0 g/mol. The molecule has 5 heavy (non-hydrogen) atoms. The molecule has 0 aliphatic rings. The summed E-state index contributed by atoms with van der Waals surface area (Å²) in [6, 6.07) is 0. The lowest BCUT2D eigenvalue weighted by molar-refractivity contribution is 0.426. The minimum Gasteiger partial charge on any atom is -0.409 e. The third kappa shape index (κ3) is 4.14. The maximum atomic E-state index is 5.21. The fraction of sp³-hybridized carbons (Fsp3) is 1.00. The second-order valence-electron chi connectivity index (χ2n) is 0.941. The molecule has 0 fully saturated rings. The Labute approximate surface area is 33.7 Å². The van der Waals surface area contributed by atoms with Crippen LogP contribution >= 0.6 is 0 Å². The van der Waals surface area contributed by atoms with Crippen LogP contribution in [-0.4, -0.2) is 16.3 Å². The Balaban J connectivity index is 2.54. The average molecular weight is 91.2 g/mol. The average Bonchev–Trinajstić information content (AvgIpc) is 1.38. The van der Waals surface area contributed by atoms with Crippen LogP contribution in [0.25, 0.3) is 0 Å². The molecular formula is C2H9NOSi. The normalized spacial score (nSPS) is 15.0. The molecule has 0 saturated heterocycles. The summed E-state index contributed by atoms with van der Waals surface area (Å²) in [7, 11) is 0.486. The summed E-state index contributed by atoms with van der Waals surface area (Å²) in [6.45, 7) is 1.92. The standard InChI is InChI=1S/C2H9NOSi/c1-4-5(2)3/h5H,3H2,1-2H3. The van der Waals surface area contributed by atoms with Gasteiger partial charge in [-0.3, -0.25) is 0 Å². The van der Waals surface area contributed by atoms with Crippen LogP contribution < -0.4 is 5.40 Å². The first-order valence-corrected chi connectivity index (χ1v) is 3.85. The van der Waals surface area contributed by atoms with Crippen molar-refractivity contribution in [1.29, 1.82) is 0 Å². The molecule has 0 aromatic carbocycles. The van der Waals surface area contributed by atoms with Gasteiger partial charge in [-0.15, -0.1) is 0 Å². The molecule has 3 heteroatoms. The molecule has 2 nitrogen and oxygen atoms in total. The lowest BCUT2D eigenvalue weighted by Gasteiger charge is -1.92. The largest absolute Gasteiger partial charge is 0.409 e. The molecule has 1 atom stereocenters. The van der Waals surface area contributed by atoms with Crippen LogP contribution in [0.5, 0.6) is 0 Å². The summed E-state index contributed by atoms with van der Waals surface area (Å²) in [5.41, 5.74) is 0. The summed E-state index contributed by atoms with van der Waals surface area (Å²) in [6.07, 6.45) is 0. The molecule has 0 radical (unpaired) electrons. The van der Waals surface area contributed by atoms with Crippen molar-refractivity contribution >= 4 is 9.20 Å². The molecule has 0 saturated carbocycles. The fourth-order valence-electron chi connectivity index (χ4n) is 0. The highest BCUT2D eigenvalue weighted by atomic mass is 28.3. The van der Waals surface area contributed by atoms with Gasteiger partial charge in [0.15, 0.2) is 0 Å². The van der Waals surface area contributed by atoms with Crippen molar-refractivity contribution in [2.24, 2.45) is 5.40 Å². The van der Waals surface area contributed by atoms with Gasteiger partial charge >= 0.3 is 0 Å². The summed E-state index contributed by atoms with van der Waals surface area (Å²) < 4.78 is 4.67. The van der Waals surface area contributed by atoms with Gasteiger partial charge in [-0.05, 0) is 6.55 Å². The zero-order valence-electron chi connectivity index (χ0n) is 3.56. The zero-order chi connectivity index (χ0) is 4.28. The summed E-state index contributed by atoms with van der Waals surface area (Å²) >= 11 is 0. The first kappa shape index (κ1) is 5.14. The van der Waals surface area contributed by atoms with Crippen LogP contribution in [0.15, 0.2) is 0 Å². The topological polar surface area (TPSA) is 35.2 Å². The molecule has 0 aromatic heterocycles. The van der Waals surface area contributed by atoms with Gasteiger partial charge in [-0.25, -0.2) is 0 Å². The molecule has 0 bridgehead atoms. The SMILES string of the molecule is CO[SiH](C)N. The van der Waals surface area contributed by atoms with Gasteiger partial charge in [-0.2, -0.15) is 0 Å². The van der Waals surface area contributed by atoms with Gasteiger partial charge in [0, 0.05) is 7.11 Å². The van der Waals surface area contributed by atoms with Crippen molar-refractivity contribution in [2.45, 2.75) is 6.55 Å². The van der Waals surface area contributed by atoms with Gasteiger partial charge in [-0.1, -0.05) is 0 Å². The van der Waals surface area contributed by atoms with E-state index in [9.17, 15) is 0 Å². The Hall–Kier alpha value is 0.137. The van der Waals surface area contributed by atoms with E-state index < -0.39 is 9.20 Å². The third-order valence-electron chi connectivity index (χ3n) is 0.372. The first-order valence-electron chi connectivity index (χ1n) is 1.55. The lowest BCUT2D eigenvalue weighted by Crippen LogP contribution is -2.22. The third-order valence-corrected chi connectivity index (χ3v) is 1.12. The smallest absolute Gasteiger partial charge is 0.246 e. The van der Waals surface area contributed by atoms with Gasteiger partial charge in [0.05, 0.1) is 0 Å². The van der Waals surface area contributed by atoms with E-state index >= 15 is 0 Å². The first-order chi connectivity index (χ1) is 2.27. The van der Waals surface area contributed by atoms with E-state index in [4.69, 9.17) is 5.40 Å². The highest BCUT2D eigenvalue weighted by Crippen LogP contribution is 1.61. The maximum absolute atomic E-state index is 5.21. The van der Waals surface area contributed by atoms with Gasteiger partial charge in [0.2, 0.25) is 9.20 Å². The second-order valence-corrected chi connectivity index (χ2v) is 2.82. The van der Waals surface area contributed by atoms with Crippen LogP contribution in [0.3, 0.4) is 0 Å². The number of rotatable bonds is 1. The van der Waals surface area contributed by atoms with E-state index in [1.54, 1.807) is 7.11 Å². The molecular weight excluding hydrogens is 82.1 g/mol. The van der Waals surface area contributed by atoms with E-state index in [0.29, 0.717) is 0 Å². The summed E-state index contributed by atoms with van der Waals surface area (Å²) in [5.74, 6) is 0. The Morgan fingerprint density at radius 2 is 2.00 bits per heavy atom. The molecule has 0 aromatic rings. The predicted molar refractivity (Wildman–Crippen MR) is 24.2 cm³/mol. The minimum atomic E-state index is -1.15. The van der Waals surface area contributed by atoms with Gasteiger partial charge in [0.25, 0.3) is 0 Å². The minimum absolute atomic E-state index is 1.15. The molecule has 0 aliphatic heterocycles. The Morgan fingerprint density at radius 1 is 1.80 bits per heavy atom. The van der Waals surface area contributed by atoms with E-state index in [1.807, 2.05) is 6.55 Å². The molecule has 0 aliphatic carbocycles. The van der Waals surface area contributed by atoms with Crippen LogP contribution in [0, 0.1) is 0 Å². The highest BCUT2D eigenvalue weighted by Gasteiger charge is 1.84. The van der Waals surface area contributed by atoms with Crippen molar-refractivity contribution < 1.29 is 4.43 Å². The molecule has 0 rings (SSSR count). The quantitative estimate of drug-likeness (QED) is 0.439. The van der Waals surface area contributed by atoms with Gasteiger partial charge < -0.3 is 9.83 Å². The van der Waals surface area contributed by atoms with Gasteiger partial charge in [0.1, 0.15) is 0 Å².